The lowest BCUT2D eigenvalue weighted by Gasteiger charge is -2.15. The Hall–Kier alpha value is -2.23. The monoisotopic (exact) mass is 287 g/mol. The van der Waals surface area contributed by atoms with Crippen LogP contribution in [-0.2, 0) is 0 Å². The van der Waals surface area contributed by atoms with Crippen LogP contribution in [0.5, 0.6) is 0 Å². The SMILES string of the molecule is [B]c1ccccc1-c1nc2ccccn2c1NC1CCCC1. The van der Waals surface area contributed by atoms with Crippen molar-refractivity contribution >= 4 is 24.8 Å². The lowest BCUT2D eigenvalue weighted by Crippen LogP contribution is -2.17. The third kappa shape index (κ3) is 2.29. The smallest absolute Gasteiger partial charge is 0.139 e. The molecule has 2 radical (unpaired) electrons. The molecule has 0 atom stereocenters. The number of fused-ring (bicyclic) bond motifs is 1. The average Bonchev–Trinajstić information content (AvgIpc) is 3.17. The minimum atomic E-state index is 0.531. The number of anilines is 1. The van der Waals surface area contributed by atoms with Crippen molar-refractivity contribution in [1.29, 1.82) is 0 Å². The highest BCUT2D eigenvalue weighted by Gasteiger charge is 2.20. The summed E-state index contributed by atoms with van der Waals surface area (Å²) < 4.78 is 2.13. The fraction of sp³-hybridized carbons (Fsp3) is 0.278. The van der Waals surface area contributed by atoms with Crippen LogP contribution in [0, 0.1) is 0 Å². The maximum Gasteiger partial charge on any atom is 0.139 e. The summed E-state index contributed by atoms with van der Waals surface area (Å²) in [5.74, 6) is 1.06. The van der Waals surface area contributed by atoms with Crippen LogP contribution in [0.2, 0.25) is 0 Å². The molecule has 2 aromatic heterocycles. The minimum absolute atomic E-state index is 0.531. The molecule has 0 spiro atoms. The van der Waals surface area contributed by atoms with Crippen molar-refractivity contribution in [2.75, 3.05) is 5.32 Å². The van der Waals surface area contributed by atoms with Gasteiger partial charge < -0.3 is 5.32 Å². The van der Waals surface area contributed by atoms with Gasteiger partial charge in [0.2, 0.25) is 0 Å². The topological polar surface area (TPSA) is 29.3 Å². The summed E-state index contributed by atoms with van der Waals surface area (Å²) >= 11 is 0. The van der Waals surface area contributed by atoms with Crippen LogP contribution in [0.15, 0.2) is 48.7 Å². The maximum absolute atomic E-state index is 6.17. The van der Waals surface area contributed by atoms with Crippen LogP contribution in [0.1, 0.15) is 25.7 Å². The second-order valence-corrected chi connectivity index (χ2v) is 5.95. The van der Waals surface area contributed by atoms with E-state index in [1.165, 1.54) is 25.7 Å². The Morgan fingerprint density at radius 1 is 1.05 bits per heavy atom. The van der Waals surface area contributed by atoms with Crippen molar-refractivity contribution in [3.63, 3.8) is 0 Å². The number of pyridine rings is 1. The first-order valence-electron chi connectivity index (χ1n) is 7.91. The van der Waals surface area contributed by atoms with Gasteiger partial charge in [0.15, 0.2) is 0 Å². The first-order valence-corrected chi connectivity index (χ1v) is 7.91. The molecule has 4 rings (SSSR count). The summed E-state index contributed by atoms with van der Waals surface area (Å²) in [5, 5.41) is 3.70. The van der Waals surface area contributed by atoms with E-state index in [1.807, 2.05) is 42.5 Å². The molecule has 2 heterocycles. The van der Waals surface area contributed by atoms with Gasteiger partial charge in [-0.3, -0.25) is 4.40 Å². The molecule has 1 saturated carbocycles. The van der Waals surface area contributed by atoms with Crippen molar-refractivity contribution < 1.29 is 0 Å². The lowest BCUT2D eigenvalue weighted by molar-refractivity contribution is 0.749. The van der Waals surface area contributed by atoms with Gasteiger partial charge in [0.25, 0.3) is 0 Å². The molecule has 4 heteroatoms. The highest BCUT2D eigenvalue weighted by atomic mass is 15.1. The Labute approximate surface area is 131 Å². The average molecular weight is 287 g/mol. The summed E-state index contributed by atoms with van der Waals surface area (Å²) in [7, 11) is 6.17. The van der Waals surface area contributed by atoms with E-state index in [0.717, 1.165) is 28.2 Å². The number of aromatic nitrogens is 2. The van der Waals surface area contributed by atoms with E-state index < -0.39 is 0 Å². The molecule has 1 aromatic carbocycles. The molecule has 1 fully saturated rings. The Balaban J connectivity index is 1.87. The summed E-state index contributed by atoms with van der Waals surface area (Å²) in [4.78, 5) is 4.81. The molecule has 0 amide bonds. The molecule has 3 aromatic rings. The molecule has 22 heavy (non-hydrogen) atoms. The van der Waals surface area contributed by atoms with Gasteiger partial charge in [-0.15, -0.1) is 0 Å². The molecule has 0 bridgehead atoms. The molecule has 1 aliphatic carbocycles. The number of rotatable bonds is 3. The standard InChI is InChI=1S/C18H18BN3/c19-15-10-4-3-9-14(15)17-18(20-13-7-1-2-8-13)22-12-6-5-11-16(22)21-17/h3-6,9-13,20H,1-2,7-8H2. The lowest BCUT2D eigenvalue weighted by atomic mass is 9.89. The van der Waals surface area contributed by atoms with Crippen LogP contribution in [-0.4, -0.2) is 23.3 Å². The third-order valence-electron chi connectivity index (χ3n) is 4.44. The maximum atomic E-state index is 6.17. The van der Waals surface area contributed by atoms with Crippen molar-refractivity contribution in [3.05, 3.63) is 48.7 Å². The van der Waals surface area contributed by atoms with Crippen LogP contribution in [0.4, 0.5) is 5.82 Å². The Morgan fingerprint density at radius 2 is 1.82 bits per heavy atom. The van der Waals surface area contributed by atoms with Crippen LogP contribution in [0.25, 0.3) is 16.9 Å². The zero-order valence-corrected chi connectivity index (χ0v) is 12.5. The second kappa shape index (κ2) is 5.52. The van der Waals surface area contributed by atoms with E-state index in [9.17, 15) is 0 Å². The molecule has 1 aliphatic rings. The van der Waals surface area contributed by atoms with E-state index >= 15 is 0 Å². The minimum Gasteiger partial charge on any atom is -0.367 e. The predicted octanol–water partition coefficient (Wildman–Crippen LogP) is 3.15. The van der Waals surface area contributed by atoms with Gasteiger partial charge in [-0.1, -0.05) is 48.6 Å². The molecule has 108 valence electrons. The molecule has 0 unspecified atom stereocenters. The van der Waals surface area contributed by atoms with Gasteiger partial charge in [0.1, 0.15) is 25.0 Å². The van der Waals surface area contributed by atoms with E-state index in [2.05, 4.69) is 15.9 Å². The van der Waals surface area contributed by atoms with Gasteiger partial charge in [0.05, 0.1) is 0 Å². The van der Waals surface area contributed by atoms with Crippen molar-refractivity contribution in [2.45, 2.75) is 31.7 Å². The van der Waals surface area contributed by atoms with E-state index in [0.29, 0.717) is 6.04 Å². The number of imidazole rings is 1. The van der Waals surface area contributed by atoms with Gasteiger partial charge in [-0.25, -0.2) is 4.98 Å². The predicted molar refractivity (Wildman–Crippen MR) is 91.9 cm³/mol. The molecular weight excluding hydrogens is 269 g/mol. The van der Waals surface area contributed by atoms with E-state index in [-0.39, 0.29) is 0 Å². The molecule has 0 saturated heterocycles. The highest BCUT2D eigenvalue weighted by molar-refractivity contribution is 6.36. The fourth-order valence-electron chi connectivity index (χ4n) is 3.30. The molecular formula is C18H18BN3. The van der Waals surface area contributed by atoms with Gasteiger partial charge in [0, 0.05) is 12.2 Å². The van der Waals surface area contributed by atoms with Gasteiger partial charge in [-0.05, 0) is 30.5 Å². The number of hydrogen-bond acceptors (Lipinski definition) is 2. The van der Waals surface area contributed by atoms with Crippen molar-refractivity contribution in [3.8, 4) is 11.3 Å². The normalized spacial score (nSPS) is 15.5. The van der Waals surface area contributed by atoms with E-state index in [1.54, 1.807) is 0 Å². The van der Waals surface area contributed by atoms with Crippen LogP contribution >= 0.6 is 0 Å². The fourth-order valence-corrected chi connectivity index (χ4v) is 3.30. The molecule has 0 aliphatic heterocycles. The van der Waals surface area contributed by atoms with Crippen LogP contribution < -0.4 is 10.8 Å². The van der Waals surface area contributed by atoms with Gasteiger partial charge in [-0.2, -0.15) is 0 Å². The van der Waals surface area contributed by atoms with Crippen LogP contribution in [0.3, 0.4) is 0 Å². The quantitative estimate of drug-likeness (QED) is 0.750. The number of benzene rings is 1. The van der Waals surface area contributed by atoms with Crippen molar-refractivity contribution in [2.24, 2.45) is 0 Å². The summed E-state index contributed by atoms with van der Waals surface area (Å²) in [5.41, 5.74) is 3.64. The Morgan fingerprint density at radius 3 is 2.64 bits per heavy atom. The number of nitrogens with zero attached hydrogens (tertiary/aromatic N) is 2. The van der Waals surface area contributed by atoms with Gasteiger partial charge >= 0.3 is 0 Å². The highest BCUT2D eigenvalue weighted by Crippen LogP contribution is 2.30. The first-order chi connectivity index (χ1) is 10.8. The zero-order valence-electron chi connectivity index (χ0n) is 12.5. The third-order valence-corrected chi connectivity index (χ3v) is 4.44. The summed E-state index contributed by atoms with van der Waals surface area (Å²) in [6, 6.07) is 14.5. The zero-order chi connectivity index (χ0) is 14.9. The second-order valence-electron chi connectivity index (χ2n) is 5.95. The Bertz CT molecular complexity index is 803. The molecule has 3 nitrogen and oxygen atoms in total. The first kappa shape index (κ1) is 13.4. The largest absolute Gasteiger partial charge is 0.367 e. The summed E-state index contributed by atoms with van der Waals surface area (Å²) in [6.07, 6.45) is 7.12. The van der Waals surface area contributed by atoms with E-state index in [4.69, 9.17) is 12.8 Å². The molecule has 1 N–H and O–H groups in total. The summed E-state index contributed by atoms with van der Waals surface area (Å²) in [6.45, 7) is 0. The Kier molecular flexibility index (Phi) is 3.37. The van der Waals surface area contributed by atoms with Crippen molar-refractivity contribution in [1.82, 2.24) is 9.38 Å². The number of nitrogens with one attached hydrogen (secondary N) is 1. The number of hydrogen-bond donors (Lipinski definition) is 1.